The normalized spacial score (nSPS) is 37.4. The maximum Gasteiger partial charge on any atom is 0.147 e. The van der Waals surface area contributed by atoms with Crippen LogP contribution in [0.2, 0.25) is 0 Å². The molecule has 0 spiro atoms. The van der Waals surface area contributed by atoms with Crippen molar-refractivity contribution in [1.29, 1.82) is 0 Å². The molecule has 0 saturated carbocycles. The van der Waals surface area contributed by atoms with E-state index in [9.17, 15) is 4.79 Å². The van der Waals surface area contributed by atoms with Crippen LogP contribution in [0.15, 0.2) is 0 Å². The van der Waals surface area contributed by atoms with Gasteiger partial charge >= 0.3 is 0 Å². The van der Waals surface area contributed by atoms with Crippen molar-refractivity contribution in [2.24, 2.45) is 5.92 Å². The fourth-order valence-electron chi connectivity index (χ4n) is 2.14. The minimum Gasteiger partial charge on any atom is -0.330 e. The highest BCUT2D eigenvalue weighted by Gasteiger charge is 2.35. The smallest absolute Gasteiger partial charge is 0.147 e. The molecule has 0 aliphatic carbocycles. The second-order valence-electron chi connectivity index (χ2n) is 4.27. The molecule has 0 amide bonds. The van der Waals surface area contributed by atoms with Crippen molar-refractivity contribution < 1.29 is 9.69 Å². The molecule has 0 radical (unpaired) electrons. The van der Waals surface area contributed by atoms with Gasteiger partial charge in [-0.05, 0) is 27.7 Å². The van der Waals surface area contributed by atoms with Crippen molar-refractivity contribution in [1.82, 2.24) is 0 Å². The summed E-state index contributed by atoms with van der Waals surface area (Å²) in [6.45, 7) is 9.75. The SMILES string of the molecule is CC(C)[NH+]1CCC(=O)[C@@H](C)[C@H]1C. The first-order valence-electron chi connectivity index (χ1n) is 4.92. The van der Waals surface area contributed by atoms with Crippen molar-refractivity contribution in [3.05, 3.63) is 0 Å². The number of carbonyl (C=O) groups is 1. The van der Waals surface area contributed by atoms with E-state index in [0.717, 1.165) is 13.0 Å². The topological polar surface area (TPSA) is 21.5 Å². The maximum absolute atomic E-state index is 11.4. The van der Waals surface area contributed by atoms with Crippen molar-refractivity contribution in [2.45, 2.75) is 46.2 Å². The number of Topliss-reactive ketones (excluding diaryl/α,β-unsaturated/α-hetero) is 1. The molecule has 1 rings (SSSR count). The average molecular weight is 170 g/mol. The van der Waals surface area contributed by atoms with Gasteiger partial charge in [-0.3, -0.25) is 4.79 Å². The zero-order valence-corrected chi connectivity index (χ0v) is 8.55. The lowest BCUT2D eigenvalue weighted by Crippen LogP contribution is -3.20. The lowest BCUT2D eigenvalue weighted by Gasteiger charge is -2.36. The second-order valence-corrected chi connectivity index (χ2v) is 4.27. The molecule has 1 heterocycles. The van der Waals surface area contributed by atoms with E-state index in [2.05, 4.69) is 27.7 Å². The van der Waals surface area contributed by atoms with Crippen molar-refractivity contribution in [3.8, 4) is 0 Å². The number of piperidine rings is 1. The van der Waals surface area contributed by atoms with Gasteiger partial charge in [0, 0.05) is 0 Å². The summed E-state index contributed by atoms with van der Waals surface area (Å²) in [4.78, 5) is 12.9. The van der Waals surface area contributed by atoms with E-state index in [-0.39, 0.29) is 5.92 Å². The third kappa shape index (κ3) is 1.69. The van der Waals surface area contributed by atoms with Gasteiger partial charge in [-0.25, -0.2) is 0 Å². The van der Waals surface area contributed by atoms with E-state index < -0.39 is 0 Å². The fraction of sp³-hybridized carbons (Fsp3) is 0.900. The molecule has 1 saturated heterocycles. The van der Waals surface area contributed by atoms with Gasteiger partial charge in [0.25, 0.3) is 0 Å². The van der Waals surface area contributed by atoms with E-state index >= 15 is 0 Å². The summed E-state index contributed by atoms with van der Waals surface area (Å²) >= 11 is 0. The summed E-state index contributed by atoms with van der Waals surface area (Å²) in [5, 5.41) is 0. The minimum absolute atomic E-state index is 0.260. The largest absolute Gasteiger partial charge is 0.330 e. The van der Waals surface area contributed by atoms with Gasteiger partial charge in [0.05, 0.1) is 31.0 Å². The number of ketones is 1. The number of hydrogen-bond acceptors (Lipinski definition) is 1. The highest BCUT2D eigenvalue weighted by atomic mass is 16.1. The number of quaternary nitrogens is 1. The molecule has 0 aromatic heterocycles. The molecule has 2 nitrogen and oxygen atoms in total. The number of rotatable bonds is 1. The molecule has 70 valence electrons. The molecular formula is C10H20NO+. The van der Waals surface area contributed by atoms with Gasteiger partial charge in [0.15, 0.2) is 0 Å². The van der Waals surface area contributed by atoms with Gasteiger partial charge in [-0.1, -0.05) is 0 Å². The molecular weight excluding hydrogens is 150 g/mol. The van der Waals surface area contributed by atoms with Crippen LogP contribution >= 0.6 is 0 Å². The van der Waals surface area contributed by atoms with Gasteiger partial charge in [-0.15, -0.1) is 0 Å². The first kappa shape index (κ1) is 9.72. The Kier molecular flexibility index (Phi) is 2.89. The number of hydrogen-bond donors (Lipinski definition) is 1. The van der Waals surface area contributed by atoms with Crippen molar-refractivity contribution in [2.75, 3.05) is 6.54 Å². The summed E-state index contributed by atoms with van der Waals surface area (Å²) in [5.74, 6) is 0.711. The Hall–Kier alpha value is -0.370. The Morgan fingerprint density at radius 3 is 2.50 bits per heavy atom. The standard InChI is InChI=1S/C10H19NO/c1-7(2)11-6-5-10(12)8(3)9(11)4/h7-9H,5-6H2,1-4H3/p+1/t8-,9+/m0/s1. The molecule has 3 atom stereocenters. The lowest BCUT2D eigenvalue weighted by molar-refractivity contribution is -0.948. The van der Waals surface area contributed by atoms with Crippen LogP contribution in [0.1, 0.15) is 34.1 Å². The molecule has 2 heteroatoms. The molecule has 1 fully saturated rings. The Morgan fingerprint density at radius 1 is 1.42 bits per heavy atom. The van der Waals surface area contributed by atoms with Crippen molar-refractivity contribution >= 4 is 5.78 Å². The van der Waals surface area contributed by atoms with Crippen LogP contribution in [0.5, 0.6) is 0 Å². The molecule has 1 N–H and O–H groups in total. The first-order chi connectivity index (χ1) is 5.54. The second kappa shape index (κ2) is 3.56. The van der Waals surface area contributed by atoms with Crippen LogP contribution in [-0.4, -0.2) is 24.4 Å². The number of carbonyl (C=O) groups excluding carboxylic acids is 1. The van der Waals surface area contributed by atoms with E-state index in [0.29, 0.717) is 17.9 Å². The minimum atomic E-state index is 0.260. The first-order valence-corrected chi connectivity index (χ1v) is 4.92. The third-order valence-corrected chi connectivity index (χ3v) is 3.24. The monoisotopic (exact) mass is 170 g/mol. The van der Waals surface area contributed by atoms with E-state index in [4.69, 9.17) is 0 Å². The quantitative estimate of drug-likeness (QED) is 0.599. The molecule has 0 aromatic rings. The summed E-state index contributed by atoms with van der Waals surface area (Å²) in [7, 11) is 0. The number of likely N-dealkylation sites (tertiary alicyclic amines) is 1. The summed E-state index contributed by atoms with van der Waals surface area (Å²) < 4.78 is 0. The van der Waals surface area contributed by atoms with Gasteiger partial charge < -0.3 is 4.90 Å². The number of nitrogens with one attached hydrogen (secondary N) is 1. The summed E-state index contributed by atoms with van der Waals surface area (Å²) in [5.41, 5.74) is 0. The Bertz CT molecular complexity index is 177. The lowest BCUT2D eigenvalue weighted by atomic mass is 9.90. The summed E-state index contributed by atoms with van der Waals surface area (Å²) in [6.07, 6.45) is 0.777. The van der Waals surface area contributed by atoms with Gasteiger partial charge in [0.1, 0.15) is 5.78 Å². The van der Waals surface area contributed by atoms with Crippen LogP contribution in [0.3, 0.4) is 0 Å². The predicted octanol–water partition coefficient (Wildman–Crippen LogP) is 0.277. The predicted molar refractivity (Wildman–Crippen MR) is 49.2 cm³/mol. The Labute approximate surface area is 74.9 Å². The zero-order chi connectivity index (χ0) is 9.30. The molecule has 1 unspecified atom stereocenters. The maximum atomic E-state index is 11.4. The van der Waals surface area contributed by atoms with E-state index in [1.165, 1.54) is 0 Å². The van der Waals surface area contributed by atoms with Gasteiger partial charge in [-0.2, -0.15) is 0 Å². The molecule has 0 bridgehead atoms. The van der Waals surface area contributed by atoms with E-state index in [1.54, 1.807) is 4.90 Å². The van der Waals surface area contributed by atoms with Crippen molar-refractivity contribution in [3.63, 3.8) is 0 Å². The van der Waals surface area contributed by atoms with Crippen LogP contribution in [0, 0.1) is 5.92 Å². The average Bonchev–Trinajstić information content (AvgIpc) is 2.00. The molecule has 1 aliphatic rings. The Morgan fingerprint density at radius 2 is 2.00 bits per heavy atom. The fourth-order valence-corrected chi connectivity index (χ4v) is 2.14. The van der Waals surface area contributed by atoms with Crippen LogP contribution in [-0.2, 0) is 4.79 Å². The van der Waals surface area contributed by atoms with Crippen LogP contribution < -0.4 is 4.90 Å². The van der Waals surface area contributed by atoms with Crippen LogP contribution in [0.4, 0.5) is 0 Å². The highest BCUT2D eigenvalue weighted by molar-refractivity contribution is 5.81. The molecule has 12 heavy (non-hydrogen) atoms. The summed E-state index contributed by atoms with van der Waals surface area (Å²) in [6, 6.07) is 1.15. The third-order valence-electron chi connectivity index (χ3n) is 3.24. The van der Waals surface area contributed by atoms with E-state index in [1.807, 2.05) is 0 Å². The molecule has 0 aromatic carbocycles. The highest BCUT2D eigenvalue weighted by Crippen LogP contribution is 2.08. The van der Waals surface area contributed by atoms with Gasteiger partial charge in [0.2, 0.25) is 0 Å². The molecule has 1 aliphatic heterocycles. The van der Waals surface area contributed by atoms with Crippen LogP contribution in [0.25, 0.3) is 0 Å². The Balaban J connectivity index is 2.65. The zero-order valence-electron chi connectivity index (χ0n) is 8.55.